The fourth-order valence-electron chi connectivity index (χ4n) is 2.03. The number of primary amides is 1. The fraction of sp³-hybridized carbons (Fsp3) is 0.0714. The van der Waals surface area contributed by atoms with Gasteiger partial charge in [0.15, 0.2) is 0 Å². The van der Waals surface area contributed by atoms with Gasteiger partial charge in [0.2, 0.25) is 6.41 Å². The lowest BCUT2D eigenvalue weighted by Gasteiger charge is -2.15. The van der Waals surface area contributed by atoms with Crippen molar-refractivity contribution in [2.75, 3.05) is 5.32 Å². The largest absolute Gasteiger partial charge is 0.417 e. The average molecular weight is 378 g/mol. The Labute approximate surface area is 143 Å². The van der Waals surface area contributed by atoms with Crippen molar-refractivity contribution < 1.29 is 22.8 Å². The third-order valence-corrected chi connectivity index (χ3v) is 3.50. The lowest BCUT2D eigenvalue weighted by atomic mass is 9.99. The number of hydrogen-bond acceptors (Lipinski definition) is 3. The molecule has 126 valence electrons. The maximum atomic E-state index is 12.9. The third kappa shape index (κ3) is 3.60. The molecular formula is C14H8Cl2F3N3O2. The lowest BCUT2D eigenvalue weighted by molar-refractivity contribution is -0.137. The second-order valence-electron chi connectivity index (χ2n) is 4.55. The van der Waals surface area contributed by atoms with Gasteiger partial charge in [0.25, 0.3) is 5.91 Å². The molecule has 0 aliphatic carbocycles. The number of pyridine rings is 1. The fourth-order valence-corrected chi connectivity index (χ4v) is 2.63. The number of aromatic nitrogens is 1. The van der Waals surface area contributed by atoms with Crippen molar-refractivity contribution in [1.82, 2.24) is 4.98 Å². The van der Waals surface area contributed by atoms with E-state index in [1.54, 1.807) is 0 Å². The molecule has 0 radical (unpaired) electrons. The molecule has 0 atom stereocenters. The predicted molar refractivity (Wildman–Crippen MR) is 82.9 cm³/mol. The third-order valence-electron chi connectivity index (χ3n) is 2.99. The highest BCUT2D eigenvalue weighted by Gasteiger charge is 2.33. The van der Waals surface area contributed by atoms with E-state index < -0.39 is 23.3 Å². The maximum Gasteiger partial charge on any atom is 0.417 e. The number of carbonyl (C=O) groups is 2. The first-order chi connectivity index (χ1) is 11.1. The summed E-state index contributed by atoms with van der Waals surface area (Å²) in [5.74, 6) is -1.05. The SMILES string of the molecule is NC(=O)c1ncc(C(F)(F)F)cc1-c1c(Cl)cc(Cl)cc1NC=O. The molecular weight excluding hydrogens is 370 g/mol. The summed E-state index contributed by atoms with van der Waals surface area (Å²) in [6.07, 6.45) is -3.92. The molecule has 0 saturated carbocycles. The Morgan fingerprint density at radius 2 is 1.92 bits per heavy atom. The van der Waals surface area contributed by atoms with Crippen LogP contribution in [0.2, 0.25) is 10.0 Å². The number of carbonyl (C=O) groups excluding carboxylic acids is 2. The van der Waals surface area contributed by atoms with Crippen LogP contribution in [0, 0.1) is 0 Å². The number of benzene rings is 1. The number of anilines is 1. The van der Waals surface area contributed by atoms with Gasteiger partial charge in [0, 0.05) is 22.3 Å². The van der Waals surface area contributed by atoms with Crippen molar-refractivity contribution in [3.63, 3.8) is 0 Å². The highest BCUT2D eigenvalue weighted by atomic mass is 35.5. The van der Waals surface area contributed by atoms with E-state index in [0.717, 1.165) is 0 Å². The number of nitrogens with zero attached hydrogens (tertiary/aromatic N) is 1. The first kappa shape index (κ1) is 18.0. The quantitative estimate of drug-likeness (QED) is 0.795. The van der Waals surface area contributed by atoms with Crippen LogP contribution >= 0.6 is 23.2 Å². The molecule has 0 spiro atoms. The summed E-state index contributed by atoms with van der Waals surface area (Å²) in [4.78, 5) is 25.7. The zero-order chi connectivity index (χ0) is 18.1. The Bertz CT molecular complexity index is 826. The number of nitrogens with two attached hydrogens (primary N) is 1. The molecule has 5 nitrogen and oxygen atoms in total. The van der Waals surface area contributed by atoms with E-state index in [1.807, 2.05) is 0 Å². The number of rotatable bonds is 4. The van der Waals surface area contributed by atoms with Crippen molar-refractivity contribution in [3.05, 3.63) is 45.7 Å². The smallest absolute Gasteiger partial charge is 0.364 e. The van der Waals surface area contributed by atoms with Gasteiger partial charge in [-0.25, -0.2) is 4.98 Å². The Kier molecular flexibility index (Phi) is 5.00. The summed E-state index contributed by atoms with van der Waals surface area (Å²) < 4.78 is 38.8. The highest BCUT2D eigenvalue weighted by Crippen LogP contribution is 2.40. The molecule has 1 heterocycles. The van der Waals surface area contributed by atoms with Crippen molar-refractivity contribution in [3.8, 4) is 11.1 Å². The van der Waals surface area contributed by atoms with Crippen molar-refractivity contribution in [1.29, 1.82) is 0 Å². The highest BCUT2D eigenvalue weighted by molar-refractivity contribution is 6.37. The molecule has 24 heavy (non-hydrogen) atoms. The molecule has 0 saturated heterocycles. The molecule has 2 rings (SSSR count). The summed E-state index contributed by atoms with van der Waals surface area (Å²) in [6.45, 7) is 0. The molecule has 1 aromatic carbocycles. The van der Waals surface area contributed by atoms with E-state index in [9.17, 15) is 22.8 Å². The first-order valence-electron chi connectivity index (χ1n) is 6.21. The van der Waals surface area contributed by atoms with Gasteiger partial charge in [-0.2, -0.15) is 13.2 Å². The first-order valence-corrected chi connectivity index (χ1v) is 6.97. The summed E-state index contributed by atoms with van der Waals surface area (Å²) in [6, 6.07) is 3.19. The number of nitrogens with one attached hydrogen (secondary N) is 1. The molecule has 3 N–H and O–H groups in total. The van der Waals surface area contributed by atoms with E-state index in [2.05, 4.69) is 10.3 Å². The molecule has 1 aromatic heterocycles. The van der Waals surface area contributed by atoms with Gasteiger partial charge in [0.05, 0.1) is 16.3 Å². The van der Waals surface area contributed by atoms with E-state index in [-0.39, 0.29) is 33.3 Å². The zero-order valence-electron chi connectivity index (χ0n) is 11.6. The van der Waals surface area contributed by atoms with Crippen LogP contribution < -0.4 is 11.1 Å². The van der Waals surface area contributed by atoms with Crippen LogP contribution in [-0.4, -0.2) is 17.3 Å². The molecule has 0 unspecified atom stereocenters. The van der Waals surface area contributed by atoms with Crippen LogP contribution in [0.25, 0.3) is 11.1 Å². The van der Waals surface area contributed by atoms with Gasteiger partial charge < -0.3 is 11.1 Å². The average Bonchev–Trinajstić information content (AvgIpc) is 2.45. The Balaban J connectivity index is 2.84. The van der Waals surface area contributed by atoms with Crippen LogP contribution in [-0.2, 0) is 11.0 Å². The summed E-state index contributed by atoms with van der Waals surface area (Å²) >= 11 is 11.9. The molecule has 0 aliphatic heterocycles. The maximum absolute atomic E-state index is 12.9. The second-order valence-corrected chi connectivity index (χ2v) is 5.40. The van der Waals surface area contributed by atoms with Crippen molar-refractivity contribution in [2.24, 2.45) is 5.73 Å². The van der Waals surface area contributed by atoms with Gasteiger partial charge in [0.1, 0.15) is 5.69 Å². The zero-order valence-corrected chi connectivity index (χ0v) is 13.1. The van der Waals surface area contributed by atoms with Crippen LogP contribution in [0.15, 0.2) is 24.4 Å². The van der Waals surface area contributed by atoms with Crippen LogP contribution in [0.5, 0.6) is 0 Å². The Morgan fingerprint density at radius 3 is 2.46 bits per heavy atom. The minimum atomic E-state index is -4.70. The van der Waals surface area contributed by atoms with Gasteiger partial charge in [-0.3, -0.25) is 9.59 Å². The van der Waals surface area contributed by atoms with Crippen LogP contribution in [0.4, 0.5) is 18.9 Å². The minimum absolute atomic E-state index is 0.00567. The van der Waals surface area contributed by atoms with Crippen LogP contribution in [0.3, 0.4) is 0 Å². The van der Waals surface area contributed by atoms with Gasteiger partial charge in [-0.1, -0.05) is 23.2 Å². The second kappa shape index (κ2) is 6.66. The Morgan fingerprint density at radius 1 is 1.25 bits per heavy atom. The van der Waals surface area contributed by atoms with E-state index in [0.29, 0.717) is 12.3 Å². The summed E-state index contributed by atoms with van der Waals surface area (Å²) in [7, 11) is 0. The molecule has 2 aromatic rings. The van der Waals surface area contributed by atoms with Crippen molar-refractivity contribution in [2.45, 2.75) is 6.18 Å². The minimum Gasteiger partial charge on any atom is -0.364 e. The lowest BCUT2D eigenvalue weighted by Crippen LogP contribution is -2.17. The van der Waals surface area contributed by atoms with E-state index >= 15 is 0 Å². The van der Waals surface area contributed by atoms with E-state index in [1.165, 1.54) is 12.1 Å². The van der Waals surface area contributed by atoms with Gasteiger partial charge in [-0.15, -0.1) is 0 Å². The number of halogens is 5. The standard InChI is InChI=1S/C14H8Cl2F3N3O2/c15-7-2-9(16)11(10(3-7)22-5-23)8-1-6(14(17,18)19)4-21-12(8)13(20)24/h1-5H,(H2,20,24)(H,22,23). The van der Waals surface area contributed by atoms with Crippen molar-refractivity contribution >= 4 is 41.2 Å². The van der Waals surface area contributed by atoms with Gasteiger partial charge in [-0.05, 0) is 18.2 Å². The number of alkyl halides is 3. The van der Waals surface area contributed by atoms with Crippen LogP contribution in [0.1, 0.15) is 16.1 Å². The molecule has 0 fully saturated rings. The molecule has 0 aliphatic rings. The Hall–Kier alpha value is -2.32. The normalized spacial score (nSPS) is 11.2. The number of hydrogen-bond donors (Lipinski definition) is 2. The van der Waals surface area contributed by atoms with E-state index in [4.69, 9.17) is 28.9 Å². The summed E-state index contributed by atoms with van der Waals surface area (Å²) in [5.41, 5.74) is 3.31. The molecule has 10 heteroatoms. The molecule has 2 amide bonds. The topological polar surface area (TPSA) is 85.1 Å². The number of amides is 2. The van der Waals surface area contributed by atoms with Gasteiger partial charge >= 0.3 is 6.18 Å². The molecule has 0 bridgehead atoms. The monoisotopic (exact) mass is 377 g/mol. The summed E-state index contributed by atoms with van der Waals surface area (Å²) in [5, 5.41) is 2.32. The predicted octanol–water partition coefficient (Wildman–Crippen LogP) is 3.74.